The van der Waals surface area contributed by atoms with Crippen LogP contribution in [-0.4, -0.2) is 15.6 Å². The summed E-state index contributed by atoms with van der Waals surface area (Å²) in [5, 5.41) is 0. The lowest BCUT2D eigenvalue weighted by atomic mass is 10.1. The monoisotopic (exact) mass is 278 g/mol. The molecule has 2 heteroatoms. The lowest BCUT2D eigenvalue weighted by molar-refractivity contribution is 0.775. The summed E-state index contributed by atoms with van der Waals surface area (Å²) in [7, 11) is 0. The molecule has 0 bridgehead atoms. The fraction of sp³-hybridized carbons (Fsp3) is 0.500. The summed E-state index contributed by atoms with van der Waals surface area (Å²) in [5.74, 6) is 2.68. The Labute approximate surface area is 120 Å². The van der Waals surface area contributed by atoms with Gasteiger partial charge in [0, 0.05) is 0 Å². The molecular weight excluding hydrogens is 256 g/mol. The van der Waals surface area contributed by atoms with Gasteiger partial charge in [-0.3, -0.25) is 0 Å². The molecule has 0 unspecified atom stereocenters. The Morgan fingerprint density at radius 3 is 2.56 bits per heavy atom. The number of hydrogen-bond acceptors (Lipinski definition) is 2. The average Bonchev–Trinajstić information content (AvgIpc) is 2.40. The maximum Gasteiger partial charge on any atom is 0.0586 e. The van der Waals surface area contributed by atoms with Crippen molar-refractivity contribution in [3.63, 3.8) is 0 Å². The van der Waals surface area contributed by atoms with E-state index in [0.29, 0.717) is 4.08 Å². The van der Waals surface area contributed by atoms with Crippen LogP contribution in [0, 0.1) is 0 Å². The van der Waals surface area contributed by atoms with Crippen molar-refractivity contribution >= 4 is 29.1 Å². The van der Waals surface area contributed by atoms with E-state index in [1.165, 1.54) is 41.9 Å². The van der Waals surface area contributed by atoms with Gasteiger partial charge in [0.2, 0.25) is 0 Å². The van der Waals surface area contributed by atoms with Crippen LogP contribution in [0.4, 0.5) is 0 Å². The van der Waals surface area contributed by atoms with Gasteiger partial charge in [-0.05, 0) is 55.8 Å². The molecule has 0 aliphatic carbocycles. The van der Waals surface area contributed by atoms with E-state index in [2.05, 4.69) is 73.8 Å². The predicted octanol–water partition coefficient (Wildman–Crippen LogP) is 5.46. The van der Waals surface area contributed by atoms with E-state index in [1.54, 1.807) is 0 Å². The number of hydrogen-bond donors (Lipinski definition) is 0. The van der Waals surface area contributed by atoms with Crippen molar-refractivity contribution < 1.29 is 0 Å². The van der Waals surface area contributed by atoms with Gasteiger partial charge in [0.1, 0.15) is 0 Å². The van der Waals surface area contributed by atoms with E-state index in [9.17, 15) is 0 Å². The van der Waals surface area contributed by atoms with Gasteiger partial charge in [-0.15, -0.1) is 23.5 Å². The average molecular weight is 278 g/mol. The molecule has 0 spiro atoms. The number of thioether (sulfide) groups is 2. The molecule has 0 nitrogen and oxygen atoms in total. The highest BCUT2D eigenvalue weighted by Crippen LogP contribution is 2.45. The fourth-order valence-corrected chi connectivity index (χ4v) is 5.17. The minimum Gasteiger partial charge on any atom is -0.144 e. The van der Waals surface area contributed by atoms with Crippen LogP contribution in [0.1, 0.15) is 38.7 Å². The van der Waals surface area contributed by atoms with E-state index in [4.69, 9.17) is 0 Å². The normalized spacial score (nSPS) is 19.8. The standard InChI is InChI=1S/C16H22S2/c1-14(15-9-4-3-5-10-15)8-6-11-16(2)17-12-7-13-18-16/h3-5,8-10H,6-7,11-13H2,1-2H3/b14-8-. The molecule has 0 atom stereocenters. The molecule has 0 N–H and O–H groups in total. The van der Waals surface area contributed by atoms with E-state index < -0.39 is 0 Å². The van der Waals surface area contributed by atoms with Crippen LogP contribution in [0.25, 0.3) is 5.57 Å². The van der Waals surface area contributed by atoms with E-state index in [0.717, 1.165) is 0 Å². The van der Waals surface area contributed by atoms with Crippen LogP contribution in [0.3, 0.4) is 0 Å². The Morgan fingerprint density at radius 2 is 1.89 bits per heavy atom. The molecule has 0 aromatic heterocycles. The third-order valence-electron chi connectivity index (χ3n) is 3.38. The molecular formula is C16H22S2. The number of benzene rings is 1. The van der Waals surface area contributed by atoms with Crippen molar-refractivity contribution in [3.05, 3.63) is 42.0 Å². The summed E-state index contributed by atoms with van der Waals surface area (Å²) in [6.07, 6.45) is 6.25. The second kappa shape index (κ2) is 6.72. The minimum absolute atomic E-state index is 0.450. The Hall–Kier alpha value is -0.340. The van der Waals surface area contributed by atoms with Crippen molar-refractivity contribution in [2.45, 2.75) is 37.2 Å². The van der Waals surface area contributed by atoms with Gasteiger partial charge in [0.05, 0.1) is 4.08 Å². The van der Waals surface area contributed by atoms with E-state index in [1.807, 2.05) is 0 Å². The Morgan fingerprint density at radius 1 is 1.22 bits per heavy atom. The molecule has 18 heavy (non-hydrogen) atoms. The second-order valence-electron chi connectivity index (χ2n) is 4.98. The first-order valence-corrected chi connectivity index (χ1v) is 8.67. The highest BCUT2D eigenvalue weighted by atomic mass is 32.2. The molecule has 0 amide bonds. The first-order chi connectivity index (χ1) is 8.70. The van der Waals surface area contributed by atoms with E-state index >= 15 is 0 Å². The smallest absolute Gasteiger partial charge is 0.0586 e. The molecule has 1 fully saturated rings. The van der Waals surface area contributed by atoms with Crippen molar-refractivity contribution in [2.24, 2.45) is 0 Å². The number of rotatable bonds is 4. The van der Waals surface area contributed by atoms with Crippen molar-refractivity contribution in [1.82, 2.24) is 0 Å². The van der Waals surface area contributed by atoms with E-state index in [-0.39, 0.29) is 0 Å². The number of allylic oxidation sites excluding steroid dienone is 2. The molecule has 0 saturated carbocycles. The van der Waals surface area contributed by atoms with Gasteiger partial charge in [-0.1, -0.05) is 36.4 Å². The van der Waals surface area contributed by atoms with Gasteiger partial charge in [0.25, 0.3) is 0 Å². The van der Waals surface area contributed by atoms with Crippen LogP contribution in [-0.2, 0) is 0 Å². The third kappa shape index (κ3) is 4.10. The van der Waals surface area contributed by atoms with Crippen molar-refractivity contribution in [3.8, 4) is 0 Å². The Balaban J connectivity index is 1.87. The molecule has 1 aliphatic rings. The summed E-state index contributed by atoms with van der Waals surface area (Å²) < 4.78 is 0.450. The largest absolute Gasteiger partial charge is 0.144 e. The Bertz CT molecular complexity index is 389. The van der Waals surface area contributed by atoms with Crippen LogP contribution in [0.2, 0.25) is 0 Å². The zero-order valence-corrected chi connectivity index (χ0v) is 12.9. The molecule has 1 aromatic rings. The first kappa shape index (κ1) is 14.1. The van der Waals surface area contributed by atoms with Crippen LogP contribution < -0.4 is 0 Å². The second-order valence-corrected chi connectivity index (χ2v) is 8.43. The lowest BCUT2D eigenvalue weighted by Crippen LogP contribution is -2.20. The maximum absolute atomic E-state index is 2.41. The summed E-state index contributed by atoms with van der Waals surface area (Å²) >= 11 is 4.29. The van der Waals surface area contributed by atoms with Crippen molar-refractivity contribution in [1.29, 1.82) is 0 Å². The van der Waals surface area contributed by atoms with Crippen LogP contribution in [0.5, 0.6) is 0 Å². The van der Waals surface area contributed by atoms with Gasteiger partial charge in [-0.25, -0.2) is 0 Å². The van der Waals surface area contributed by atoms with Crippen LogP contribution >= 0.6 is 23.5 Å². The quantitative estimate of drug-likeness (QED) is 0.717. The Kier molecular flexibility index (Phi) is 5.25. The molecule has 1 heterocycles. The summed E-state index contributed by atoms with van der Waals surface area (Å²) in [6.45, 7) is 4.63. The summed E-state index contributed by atoms with van der Waals surface area (Å²) in [5.41, 5.74) is 2.76. The lowest BCUT2D eigenvalue weighted by Gasteiger charge is -2.32. The zero-order chi connectivity index (χ0) is 12.8. The fourth-order valence-electron chi connectivity index (χ4n) is 2.19. The zero-order valence-electron chi connectivity index (χ0n) is 11.3. The summed E-state index contributed by atoms with van der Waals surface area (Å²) in [4.78, 5) is 0. The topological polar surface area (TPSA) is 0 Å². The highest BCUT2D eigenvalue weighted by Gasteiger charge is 2.27. The SMILES string of the molecule is C/C(=C/CCC1(C)SCCCS1)c1ccccc1. The molecule has 98 valence electrons. The predicted molar refractivity (Wildman–Crippen MR) is 87.3 cm³/mol. The molecule has 2 rings (SSSR count). The first-order valence-electron chi connectivity index (χ1n) is 6.70. The maximum atomic E-state index is 2.41. The molecule has 1 aromatic carbocycles. The van der Waals surface area contributed by atoms with Gasteiger partial charge < -0.3 is 0 Å². The molecule has 1 saturated heterocycles. The van der Waals surface area contributed by atoms with Gasteiger partial charge in [0.15, 0.2) is 0 Å². The highest BCUT2D eigenvalue weighted by molar-refractivity contribution is 8.18. The molecule has 1 aliphatic heterocycles. The summed E-state index contributed by atoms with van der Waals surface area (Å²) in [6, 6.07) is 10.7. The van der Waals surface area contributed by atoms with Crippen molar-refractivity contribution in [2.75, 3.05) is 11.5 Å². The minimum atomic E-state index is 0.450. The van der Waals surface area contributed by atoms with Gasteiger partial charge >= 0.3 is 0 Å². The third-order valence-corrected chi connectivity index (χ3v) is 6.70. The van der Waals surface area contributed by atoms with Gasteiger partial charge in [-0.2, -0.15) is 0 Å². The molecule has 0 radical (unpaired) electrons. The van der Waals surface area contributed by atoms with Crippen LogP contribution in [0.15, 0.2) is 36.4 Å².